The van der Waals surface area contributed by atoms with Crippen LogP contribution < -0.4 is 0 Å². The molecule has 0 N–H and O–H groups in total. The topological polar surface area (TPSA) is 23.8 Å². The first kappa shape index (κ1) is 13.7. The Morgan fingerprint density at radius 2 is 1.94 bits per heavy atom. The molecule has 90 valence electrons. The van der Waals surface area contributed by atoms with Gasteiger partial charge < -0.3 is 0 Å². The van der Waals surface area contributed by atoms with Gasteiger partial charge in [0.1, 0.15) is 0 Å². The summed E-state index contributed by atoms with van der Waals surface area (Å²) >= 11 is 0. The molecular weight excluding hydrogens is 222 g/mol. The quantitative estimate of drug-likeness (QED) is 0.530. The van der Waals surface area contributed by atoms with E-state index in [4.69, 9.17) is 5.26 Å². The van der Waals surface area contributed by atoms with Gasteiger partial charge in [0.05, 0.1) is 14.1 Å². The van der Waals surface area contributed by atoms with Gasteiger partial charge in [-0.3, -0.25) is 0 Å². The summed E-state index contributed by atoms with van der Waals surface area (Å²) in [6, 6.07) is 2.27. The van der Waals surface area contributed by atoms with Crippen molar-refractivity contribution in [2.24, 2.45) is 5.41 Å². The van der Waals surface area contributed by atoms with Gasteiger partial charge >= 0.3 is 0 Å². The van der Waals surface area contributed by atoms with Gasteiger partial charge in [0, 0.05) is 11.8 Å². The molecule has 0 aromatic heterocycles. The van der Waals surface area contributed by atoms with Crippen molar-refractivity contribution >= 4 is 8.07 Å². The summed E-state index contributed by atoms with van der Waals surface area (Å²) in [6.07, 6.45) is 11.9. The van der Waals surface area contributed by atoms with Crippen molar-refractivity contribution in [1.29, 1.82) is 5.26 Å². The van der Waals surface area contributed by atoms with E-state index >= 15 is 0 Å². The highest BCUT2D eigenvalue weighted by Gasteiger charge is 2.24. The lowest BCUT2D eigenvalue weighted by Gasteiger charge is -2.26. The third-order valence-electron chi connectivity index (χ3n) is 2.75. The molecule has 0 aromatic carbocycles. The summed E-state index contributed by atoms with van der Waals surface area (Å²) in [7, 11) is -1.18. The van der Waals surface area contributed by atoms with E-state index < -0.39 is 8.07 Å². The maximum absolute atomic E-state index is 8.90. The van der Waals surface area contributed by atoms with Crippen molar-refractivity contribution in [3.05, 3.63) is 48.2 Å². The van der Waals surface area contributed by atoms with E-state index in [2.05, 4.69) is 62.3 Å². The van der Waals surface area contributed by atoms with E-state index in [1.54, 1.807) is 0 Å². The fourth-order valence-electron chi connectivity index (χ4n) is 1.97. The Morgan fingerprint density at radius 3 is 2.35 bits per heavy atom. The largest absolute Gasteiger partial charge is 0.198 e. The molecule has 17 heavy (non-hydrogen) atoms. The average molecular weight is 243 g/mol. The second-order valence-corrected chi connectivity index (χ2v) is 10.8. The molecule has 0 spiro atoms. The van der Waals surface area contributed by atoms with E-state index in [0.29, 0.717) is 6.42 Å². The fourth-order valence-corrected chi connectivity index (χ4v) is 3.17. The zero-order valence-corrected chi connectivity index (χ0v) is 12.0. The molecule has 0 atom stereocenters. The van der Waals surface area contributed by atoms with Crippen molar-refractivity contribution in [2.75, 3.05) is 0 Å². The summed E-state index contributed by atoms with van der Waals surface area (Å²) in [5, 5.41) is 8.90. The Hall–Kier alpha value is -1.33. The summed E-state index contributed by atoms with van der Waals surface area (Å²) in [6.45, 7) is 10.7. The number of hydrogen-bond donors (Lipinski definition) is 0. The van der Waals surface area contributed by atoms with Crippen LogP contribution in [0.3, 0.4) is 0 Å². The van der Waals surface area contributed by atoms with Crippen LogP contribution in [0.2, 0.25) is 19.6 Å². The number of hydrogen-bond acceptors (Lipinski definition) is 1. The molecule has 1 aliphatic rings. The molecule has 1 rings (SSSR count). The molecule has 1 aliphatic carbocycles. The van der Waals surface area contributed by atoms with Crippen LogP contribution in [0, 0.1) is 16.7 Å². The Balaban J connectivity index is 2.92. The highest BCUT2D eigenvalue weighted by molar-refractivity contribution is 6.81. The number of rotatable bonds is 4. The first-order valence-corrected chi connectivity index (χ1v) is 9.58. The van der Waals surface area contributed by atoms with Crippen molar-refractivity contribution in [3.63, 3.8) is 0 Å². The summed E-state index contributed by atoms with van der Waals surface area (Å²) in [5.41, 5.74) is 3.53. The third-order valence-corrected chi connectivity index (χ3v) is 3.95. The zero-order valence-electron chi connectivity index (χ0n) is 11.0. The van der Waals surface area contributed by atoms with Crippen LogP contribution in [-0.2, 0) is 0 Å². The van der Waals surface area contributed by atoms with Gasteiger partial charge in [-0.25, -0.2) is 0 Å². The van der Waals surface area contributed by atoms with Crippen LogP contribution in [0.15, 0.2) is 48.2 Å². The van der Waals surface area contributed by atoms with E-state index in [-0.39, 0.29) is 5.41 Å². The second-order valence-electron chi connectivity index (χ2n) is 5.74. The fraction of sp³-hybridized carbons (Fsp3) is 0.400. The minimum Gasteiger partial charge on any atom is -0.198 e. The molecular formula is C15H21NSi. The number of allylic oxidation sites excluding steroid dienone is 6. The monoisotopic (exact) mass is 243 g/mol. The maximum Gasteiger partial charge on any atom is 0.0694 e. The van der Waals surface area contributed by atoms with Crippen molar-refractivity contribution in [2.45, 2.75) is 32.5 Å². The van der Waals surface area contributed by atoms with Gasteiger partial charge in [-0.05, 0) is 12.0 Å². The SMILES string of the molecule is C=CCC1(CC#N)C=CC(=C[Si](C)(C)C)C=C1. The molecule has 1 nitrogen and oxygen atoms in total. The normalized spacial score (nSPS) is 23.3. The summed E-state index contributed by atoms with van der Waals surface area (Å²) in [4.78, 5) is 0. The van der Waals surface area contributed by atoms with Crippen molar-refractivity contribution in [1.82, 2.24) is 0 Å². The predicted molar refractivity (Wildman–Crippen MR) is 77.2 cm³/mol. The predicted octanol–water partition coefficient (Wildman–Crippen LogP) is 4.39. The van der Waals surface area contributed by atoms with Crippen molar-refractivity contribution in [3.8, 4) is 6.07 Å². The van der Waals surface area contributed by atoms with Crippen LogP contribution in [0.4, 0.5) is 0 Å². The highest BCUT2D eigenvalue weighted by atomic mass is 28.3. The van der Waals surface area contributed by atoms with Gasteiger partial charge in [-0.15, -0.1) is 6.58 Å². The summed E-state index contributed by atoms with van der Waals surface area (Å²) < 4.78 is 0. The molecule has 0 saturated heterocycles. The third kappa shape index (κ3) is 4.20. The Kier molecular flexibility index (Phi) is 4.31. The molecule has 2 heteroatoms. The first-order chi connectivity index (χ1) is 7.91. The van der Waals surface area contributed by atoms with Crippen LogP contribution in [0.5, 0.6) is 0 Å². The molecule has 0 radical (unpaired) electrons. The minimum absolute atomic E-state index is 0.132. The molecule has 0 saturated carbocycles. The molecule has 0 fully saturated rings. The van der Waals surface area contributed by atoms with E-state index in [1.807, 2.05) is 6.08 Å². The second kappa shape index (κ2) is 5.33. The minimum atomic E-state index is -1.18. The summed E-state index contributed by atoms with van der Waals surface area (Å²) in [5.74, 6) is 0. The van der Waals surface area contributed by atoms with E-state index in [9.17, 15) is 0 Å². The lowest BCUT2D eigenvalue weighted by molar-refractivity contribution is 0.510. The molecule has 0 unspecified atom stereocenters. The van der Waals surface area contributed by atoms with Crippen LogP contribution in [-0.4, -0.2) is 8.07 Å². The van der Waals surface area contributed by atoms with Gasteiger partial charge in [-0.2, -0.15) is 5.26 Å². The molecule has 0 aliphatic heterocycles. The molecule has 0 aromatic rings. The smallest absolute Gasteiger partial charge is 0.0694 e. The van der Waals surface area contributed by atoms with Crippen LogP contribution in [0.1, 0.15) is 12.8 Å². The molecule has 0 heterocycles. The number of nitrogens with zero attached hydrogens (tertiary/aromatic N) is 1. The maximum atomic E-state index is 8.90. The molecule has 0 bridgehead atoms. The van der Waals surface area contributed by atoms with Gasteiger partial charge in [0.25, 0.3) is 0 Å². The average Bonchev–Trinajstić information content (AvgIpc) is 2.21. The molecule has 0 amide bonds. The Morgan fingerprint density at radius 1 is 1.35 bits per heavy atom. The lowest BCUT2D eigenvalue weighted by atomic mass is 9.78. The zero-order chi connectivity index (χ0) is 12.9. The Labute approximate surface area is 106 Å². The lowest BCUT2D eigenvalue weighted by Crippen LogP contribution is -2.19. The van der Waals surface area contributed by atoms with Gasteiger partial charge in [0.2, 0.25) is 0 Å². The first-order valence-electron chi connectivity index (χ1n) is 6.00. The standard InChI is InChI=1S/C15H21NSi/c1-5-8-15(11-12-16)9-6-14(7-10-15)13-17(2,3)4/h5-7,9-10,13H,1,8,11H2,2-4H3. The van der Waals surface area contributed by atoms with Crippen LogP contribution >= 0.6 is 0 Å². The highest BCUT2D eigenvalue weighted by Crippen LogP contribution is 2.34. The van der Waals surface area contributed by atoms with Crippen molar-refractivity contribution < 1.29 is 0 Å². The number of nitriles is 1. The van der Waals surface area contributed by atoms with E-state index in [0.717, 1.165) is 6.42 Å². The van der Waals surface area contributed by atoms with Gasteiger partial charge in [0.15, 0.2) is 0 Å². The van der Waals surface area contributed by atoms with Crippen LogP contribution in [0.25, 0.3) is 0 Å². The van der Waals surface area contributed by atoms with E-state index in [1.165, 1.54) is 5.57 Å². The Bertz CT molecular complexity index is 397. The van der Waals surface area contributed by atoms with Gasteiger partial charge in [-0.1, -0.05) is 55.7 Å².